The summed E-state index contributed by atoms with van der Waals surface area (Å²) in [5.74, 6) is -0.143. The molecule has 0 aliphatic heterocycles. The quantitative estimate of drug-likeness (QED) is 0.847. The maximum absolute atomic E-state index is 10.5. The first-order valence-electron chi connectivity index (χ1n) is 4.66. The molecule has 0 spiro atoms. The van der Waals surface area contributed by atoms with Crippen molar-refractivity contribution >= 4 is 17.7 Å². The summed E-state index contributed by atoms with van der Waals surface area (Å²) in [4.78, 5) is 10.5. The standard InChI is InChI=1S/C9H15N3O2S/c1-9(2,3)15-5-4-12-6-7(8(13)14)10-11-12/h6H,4-5H2,1-3H3,(H,13,14). The van der Waals surface area contributed by atoms with Gasteiger partial charge in [0.25, 0.3) is 0 Å². The molecule has 1 aromatic heterocycles. The molecule has 0 bridgehead atoms. The van der Waals surface area contributed by atoms with Gasteiger partial charge in [-0.25, -0.2) is 4.79 Å². The summed E-state index contributed by atoms with van der Waals surface area (Å²) in [7, 11) is 0. The molecule has 1 N–H and O–H groups in total. The van der Waals surface area contributed by atoms with Gasteiger partial charge in [0.1, 0.15) is 0 Å². The Morgan fingerprint density at radius 1 is 1.60 bits per heavy atom. The van der Waals surface area contributed by atoms with E-state index in [-0.39, 0.29) is 10.4 Å². The van der Waals surface area contributed by atoms with E-state index >= 15 is 0 Å². The molecule has 0 saturated heterocycles. The largest absolute Gasteiger partial charge is 0.476 e. The number of carboxylic acid groups (broad SMARTS) is 1. The molecular weight excluding hydrogens is 214 g/mol. The Bertz CT molecular complexity index is 343. The summed E-state index contributed by atoms with van der Waals surface area (Å²) in [6.45, 7) is 7.10. The monoisotopic (exact) mass is 229 g/mol. The van der Waals surface area contributed by atoms with Crippen molar-refractivity contribution in [1.29, 1.82) is 0 Å². The highest BCUT2D eigenvalue weighted by atomic mass is 32.2. The van der Waals surface area contributed by atoms with Crippen LogP contribution in [-0.2, 0) is 6.54 Å². The van der Waals surface area contributed by atoms with E-state index in [9.17, 15) is 4.79 Å². The van der Waals surface area contributed by atoms with E-state index < -0.39 is 5.97 Å². The lowest BCUT2D eigenvalue weighted by Gasteiger charge is -2.16. The molecule has 0 saturated carbocycles. The number of aromatic carboxylic acids is 1. The predicted octanol–water partition coefficient (Wildman–Crippen LogP) is 1.51. The molecular formula is C9H15N3O2S. The van der Waals surface area contributed by atoms with Crippen LogP contribution < -0.4 is 0 Å². The molecule has 15 heavy (non-hydrogen) atoms. The third-order valence-electron chi connectivity index (χ3n) is 1.61. The lowest BCUT2D eigenvalue weighted by molar-refractivity contribution is 0.0690. The molecule has 0 aromatic carbocycles. The highest BCUT2D eigenvalue weighted by molar-refractivity contribution is 8.00. The van der Waals surface area contributed by atoms with Crippen molar-refractivity contribution in [3.8, 4) is 0 Å². The second kappa shape index (κ2) is 4.65. The Morgan fingerprint density at radius 3 is 2.73 bits per heavy atom. The van der Waals surface area contributed by atoms with Crippen LogP contribution in [0.2, 0.25) is 0 Å². The Labute approximate surface area is 92.9 Å². The molecule has 6 heteroatoms. The third-order valence-corrected chi connectivity index (χ3v) is 2.87. The lowest BCUT2D eigenvalue weighted by atomic mass is 10.3. The van der Waals surface area contributed by atoms with Crippen LogP contribution in [0.1, 0.15) is 31.3 Å². The normalized spacial score (nSPS) is 11.7. The highest BCUT2D eigenvalue weighted by Gasteiger charge is 2.11. The van der Waals surface area contributed by atoms with Crippen LogP contribution in [0.3, 0.4) is 0 Å². The maximum Gasteiger partial charge on any atom is 0.358 e. The van der Waals surface area contributed by atoms with Gasteiger partial charge in [-0.15, -0.1) is 5.10 Å². The van der Waals surface area contributed by atoms with Crippen molar-refractivity contribution in [2.24, 2.45) is 0 Å². The minimum absolute atomic E-state index is 0.00393. The topological polar surface area (TPSA) is 68.0 Å². The van der Waals surface area contributed by atoms with Crippen molar-refractivity contribution in [1.82, 2.24) is 15.0 Å². The molecule has 0 radical (unpaired) electrons. The molecule has 0 aliphatic carbocycles. The van der Waals surface area contributed by atoms with Gasteiger partial charge in [0, 0.05) is 10.5 Å². The van der Waals surface area contributed by atoms with Gasteiger partial charge in [0.15, 0.2) is 5.69 Å². The first kappa shape index (κ1) is 12.0. The summed E-state index contributed by atoms with van der Waals surface area (Å²) in [5.41, 5.74) is -0.00393. The first-order valence-corrected chi connectivity index (χ1v) is 5.64. The average molecular weight is 229 g/mol. The van der Waals surface area contributed by atoms with Gasteiger partial charge in [-0.2, -0.15) is 11.8 Å². The molecule has 0 fully saturated rings. The van der Waals surface area contributed by atoms with Crippen LogP contribution in [0.4, 0.5) is 0 Å². The molecule has 0 unspecified atom stereocenters. The minimum atomic E-state index is -1.04. The predicted molar refractivity (Wildman–Crippen MR) is 59.2 cm³/mol. The smallest absolute Gasteiger partial charge is 0.358 e. The zero-order valence-corrected chi connectivity index (χ0v) is 9.91. The SMILES string of the molecule is CC(C)(C)SCCn1cc(C(=O)O)nn1. The number of nitrogens with zero attached hydrogens (tertiary/aromatic N) is 3. The van der Waals surface area contributed by atoms with E-state index in [2.05, 4.69) is 31.1 Å². The van der Waals surface area contributed by atoms with Gasteiger partial charge in [0.2, 0.25) is 0 Å². The van der Waals surface area contributed by atoms with E-state index in [0.717, 1.165) is 5.75 Å². The number of hydrogen-bond donors (Lipinski definition) is 1. The fraction of sp³-hybridized carbons (Fsp3) is 0.667. The molecule has 84 valence electrons. The van der Waals surface area contributed by atoms with Crippen LogP contribution >= 0.6 is 11.8 Å². The second-order valence-electron chi connectivity index (χ2n) is 4.13. The van der Waals surface area contributed by atoms with Crippen molar-refractivity contribution in [2.75, 3.05) is 5.75 Å². The van der Waals surface area contributed by atoms with Crippen molar-refractivity contribution < 1.29 is 9.90 Å². The van der Waals surface area contributed by atoms with E-state index in [1.54, 1.807) is 4.68 Å². The molecule has 0 atom stereocenters. The van der Waals surface area contributed by atoms with Gasteiger partial charge in [0.05, 0.1) is 12.7 Å². The summed E-state index contributed by atoms with van der Waals surface area (Å²) < 4.78 is 1.78. The highest BCUT2D eigenvalue weighted by Crippen LogP contribution is 2.22. The number of carbonyl (C=O) groups is 1. The zero-order valence-electron chi connectivity index (χ0n) is 9.10. The third kappa shape index (κ3) is 4.33. The zero-order chi connectivity index (χ0) is 11.5. The lowest BCUT2D eigenvalue weighted by Crippen LogP contribution is -2.11. The summed E-state index contributed by atoms with van der Waals surface area (Å²) >= 11 is 1.81. The number of hydrogen-bond acceptors (Lipinski definition) is 4. The molecule has 0 aliphatic rings. The van der Waals surface area contributed by atoms with Gasteiger partial charge < -0.3 is 5.11 Å². The number of aromatic nitrogens is 3. The summed E-state index contributed by atoms with van der Waals surface area (Å²) in [5, 5.41) is 15.9. The number of thioether (sulfide) groups is 1. The van der Waals surface area contributed by atoms with Crippen molar-refractivity contribution in [3.63, 3.8) is 0 Å². The van der Waals surface area contributed by atoms with Gasteiger partial charge in [-0.05, 0) is 0 Å². The minimum Gasteiger partial charge on any atom is -0.476 e. The van der Waals surface area contributed by atoms with E-state index in [4.69, 9.17) is 5.11 Å². The van der Waals surface area contributed by atoms with Crippen LogP contribution in [0.5, 0.6) is 0 Å². The van der Waals surface area contributed by atoms with Gasteiger partial charge in [-0.1, -0.05) is 26.0 Å². The average Bonchev–Trinajstić information content (AvgIpc) is 2.50. The Balaban J connectivity index is 2.41. The van der Waals surface area contributed by atoms with E-state index in [1.807, 2.05) is 11.8 Å². The van der Waals surface area contributed by atoms with Crippen LogP contribution in [0.15, 0.2) is 6.20 Å². The van der Waals surface area contributed by atoms with E-state index in [0.29, 0.717) is 6.54 Å². The summed E-state index contributed by atoms with van der Waals surface area (Å²) in [6, 6.07) is 0. The molecule has 1 heterocycles. The number of carboxylic acids is 1. The van der Waals surface area contributed by atoms with E-state index in [1.165, 1.54) is 6.20 Å². The van der Waals surface area contributed by atoms with Crippen molar-refractivity contribution in [2.45, 2.75) is 32.1 Å². The second-order valence-corrected chi connectivity index (χ2v) is 6.05. The number of aryl methyl sites for hydroxylation is 1. The van der Waals surface area contributed by atoms with Crippen LogP contribution in [0.25, 0.3) is 0 Å². The fourth-order valence-corrected chi connectivity index (χ4v) is 1.84. The first-order chi connectivity index (χ1) is 6.88. The number of rotatable bonds is 4. The molecule has 5 nitrogen and oxygen atoms in total. The van der Waals surface area contributed by atoms with Crippen LogP contribution in [0, 0.1) is 0 Å². The van der Waals surface area contributed by atoms with Crippen molar-refractivity contribution in [3.05, 3.63) is 11.9 Å². The maximum atomic E-state index is 10.5. The summed E-state index contributed by atoms with van der Waals surface area (Å²) in [6.07, 6.45) is 1.45. The molecule has 1 aromatic rings. The van der Waals surface area contributed by atoms with Gasteiger partial charge in [-0.3, -0.25) is 4.68 Å². The van der Waals surface area contributed by atoms with Gasteiger partial charge >= 0.3 is 5.97 Å². The molecule has 1 rings (SSSR count). The van der Waals surface area contributed by atoms with Crippen LogP contribution in [-0.4, -0.2) is 36.6 Å². The Hall–Kier alpha value is -1.04. The Kier molecular flexibility index (Phi) is 3.73. The Morgan fingerprint density at radius 2 is 2.27 bits per heavy atom. The molecule has 0 amide bonds. The fourth-order valence-electron chi connectivity index (χ4n) is 0.951.